The molecule has 3 rings (SSSR count). The smallest absolute Gasteiger partial charge is 0.848 e. The van der Waals surface area contributed by atoms with Crippen molar-refractivity contribution in [2.45, 2.75) is 58.2 Å². The van der Waals surface area contributed by atoms with Crippen molar-refractivity contribution in [1.29, 1.82) is 0 Å². The quantitative estimate of drug-likeness (QED) is 0.691. The van der Waals surface area contributed by atoms with Gasteiger partial charge in [-0.3, -0.25) is 0 Å². The second-order valence-electron chi connectivity index (χ2n) is 7.37. The molecule has 0 aliphatic carbocycles. The van der Waals surface area contributed by atoms with E-state index in [9.17, 15) is 5.11 Å². The fourth-order valence-electron chi connectivity index (χ4n) is 2.70. The minimum atomic E-state index is -1.12. The Bertz CT molecular complexity index is 618. The van der Waals surface area contributed by atoms with Crippen LogP contribution in [0.2, 0.25) is 0 Å². The van der Waals surface area contributed by atoms with Crippen LogP contribution in [0.4, 0.5) is 0 Å². The largest absolute Gasteiger partial charge is 2.00 e. The van der Waals surface area contributed by atoms with Crippen LogP contribution in [0, 0.1) is 5.92 Å². The Labute approximate surface area is 159 Å². The second kappa shape index (κ2) is 7.92. The molecule has 0 amide bonds. The van der Waals surface area contributed by atoms with Gasteiger partial charge in [0.15, 0.2) is 0 Å². The zero-order chi connectivity index (χ0) is 17.3. The van der Waals surface area contributed by atoms with Gasteiger partial charge in [-0.1, -0.05) is 33.3 Å². The van der Waals surface area contributed by atoms with E-state index in [1.54, 1.807) is 13.8 Å². The fourth-order valence-corrected chi connectivity index (χ4v) is 2.70. The number of allylic oxidation sites excluding steroid dienone is 2. The van der Waals surface area contributed by atoms with E-state index in [0.29, 0.717) is 30.9 Å². The van der Waals surface area contributed by atoms with Gasteiger partial charge in [0.1, 0.15) is 13.2 Å². The molecule has 2 atom stereocenters. The summed E-state index contributed by atoms with van der Waals surface area (Å²) in [5.41, 5.74) is 0.760. The molecule has 0 bridgehead atoms. The van der Waals surface area contributed by atoms with E-state index < -0.39 is 5.60 Å². The Morgan fingerprint density at radius 1 is 1.08 bits per heavy atom. The van der Waals surface area contributed by atoms with Crippen LogP contribution in [0.1, 0.15) is 40.5 Å². The molecule has 0 aromatic carbocycles. The summed E-state index contributed by atoms with van der Waals surface area (Å²) in [4.78, 5) is 8.93. The summed E-state index contributed by atoms with van der Waals surface area (Å²) in [6.45, 7) is 8.55. The second-order valence-corrected chi connectivity index (χ2v) is 7.37. The molecule has 0 unspecified atom stereocenters. The SMILES string of the molecule is CC(C)[C@H]1COC(/C=C2/CC/C(=C/C3=N[C@@H](C(C)(C)[O-])CO3)[N-]2)=N1.[Ni+2]. The van der Waals surface area contributed by atoms with Crippen molar-refractivity contribution in [3.63, 3.8) is 0 Å². The molecule has 1 saturated heterocycles. The van der Waals surface area contributed by atoms with Gasteiger partial charge in [0.05, 0.1) is 12.1 Å². The van der Waals surface area contributed by atoms with E-state index >= 15 is 0 Å². The fraction of sp³-hybridized carbons (Fsp3) is 0.667. The Balaban J connectivity index is 0.00000225. The molecule has 0 saturated carbocycles. The van der Waals surface area contributed by atoms with Crippen LogP contribution in [-0.4, -0.2) is 42.7 Å². The summed E-state index contributed by atoms with van der Waals surface area (Å²) < 4.78 is 11.1. The van der Waals surface area contributed by atoms with Crippen LogP contribution in [-0.2, 0) is 26.0 Å². The molecule has 140 valence electrons. The first-order chi connectivity index (χ1) is 11.3. The zero-order valence-electron chi connectivity index (χ0n) is 15.1. The van der Waals surface area contributed by atoms with Crippen LogP contribution in [0.25, 0.3) is 5.32 Å². The molecule has 7 heteroatoms. The van der Waals surface area contributed by atoms with Crippen molar-refractivity contribution >= 4 is 11.8 Å². The molecule has 3 aliphatic heterocycles. The Morgan fingerprint density at radius 2 is 1.64 bits per heavy atom. The maximum Gasteiger partial charge on any atom is 2.00 e. The van der Waals surface area contributed by atoms with E-state index in [4.69, 9.17) is 9.47 Å². The van der Waals surface area contributed by atoms with E-state index in [-0.39, 0.29) is 28.6 Å². The van der Waals surface area contributed by atoms with Gasteiger partial charge in [0, 0.05) is 0 Å². The number of aliphatic imine (C=N–C) groups is 2. The summed E-state index contributed by atoms with van der Waals surface area (Å²) in [6.07, 6.45) is 5.44. The third-order valence-corrected chi connectivity index (χ3v) is 4.44. The summed E-state index contributed by atoms with van der Waals surface area (Å²) in [6, 6.07) is -0.100. The van der Waals surface area contributed by atoms with Gasteiger partial charge in [-0.15, -0.1) is 0 Å². The standard InChI is InChI=1S/C18H25N3O3.Ni/c1-11(2)14-9-23-16(20-14)7-12-5-6-13(19-12)8-17-21-15(10-24-17)18(3,4)22;/h7-8,11,14-15H,5-6,9-10H2,1-4H3;/q-2;+2/b12-7-,13-8-;/t14-,15-;/m1./s1. The molecule has 0 aromatic rings. The first-order valence-electron chi connectivity index (χ1n) is 8.56. The van der Waals surface area contributed by atoms with Crippen molar-refractivity contribution in [2.24, 2.45) is 15.9 Å². The van der Waals surface area contributed by atoms with E-state index in [2.05, 4.69) is 29.1 Å². The van der Waals surface area contributed by atoms with E-state index in [1.807, 2.05) is 12.2 Å². The van der Waals surface area contributed by atoms with Crippen molar-refractivity contribution in [3.05, 3.63) is 28.9 Å². The maximum atomic E-state index is 11.9. The Morgan fingerprint density at radius 3 is 2.12 bits per heavy atom. The molecule has 0 N–H and O–H groups in total. The van der Waals surface area contributed by atoms with Crippen LogP contribution < -0.4 is 5.11 Å². The average Bonchev–Trinajstić information content (AvgIpc) is 3.20. The van der Waals surface area contributed by atoms with Gasteiger partial charge in [-0.2, -0.15) is 11.4 Å². The molecule has 25 heavy (non-hydrogen) atoms. The van der Waals surface area contributed by atoms with Crippen molar-refractivity contribution < 1.29 is 31.1 Å². The van der Waals surface area contributed by atoms with Gasteiger partial charge < -0.3 is 19.9 Å². The molecule has 3 heterocycles. The minimum absolute atomic E-state index is 0. The molecule has 1 fully saturated rings. The molecule has 0 radical (unpaired) electrons. The van der Waals surface area contributed by atoms with E-state index in [0.717, 1.165) is 24.2 Å². The third kappa shape index (κ3) is 5.08. The number of hydrogen-bond acceptors (Lipinski definition) is 5. The molecular formula is C18H25N3NiO3. The van der Waals surface area contributed by atoms with Crippen molar-refractivity contribution in [3.8, 4) is 0 Å². The predicted molar refractivity (Wildman–Crippen MR) is 92.0 cm³/mol. The molecule has 0 aromatic heterocycles. The van der Waals surface area contributed by atoms with Crippen LogP contribution in [0.15, 0.2) is 33.5 Å². The molecule has 6 nitrogen and oxygen atoms in total. The van der Waals surface area contributed by atoms with Crippen LogP contribution in [0.5, 0.6) is 0 Å². The monoisotopic (exact) mass is 389 g/mol. The summed E-state index contributed by atoms with van der Waals surface area (Å²) in [5, 5.41) is 16.5. The first kappa shape index (κ1) is 20.0. The van der Waals surface area contributed by atoms with Crippen molar-refractivity contribution in [2.75, 3.05) is 13.2 Å². The van der Waals surface area contributed by atoms with Gasteiger partial charge in [-0.05, 0) is 30.9 Å². The van der Waals surface area contributed by atoms with E-state index in [1.165, 1.54) is 0 Å². The summed E-state index contributed by atoms with van der Waals surface area (Å²) in [7, 11) is 0. The third-order valence-electron chi connectivity index (χ3n) is 4.44. The first-order valence-corrected chi connectivity index (χ1v) is 8.56. The Hall–Kier alpha value is -1.33. The predicted octanol–water partition coefficient (Wildman–Crippen LogP) is 2.31. The van der Waals surface area contributed by atoms with Gasteiger partial charge in [-0.25, -0.2) is 9.98 Å². The van der Waals surface area contributed by atoms with Crippen molar-refractivity contribution in [1.82, 2.24) is 0 Å². The number of hydrogen-bond donors (Lipinski definition) is 0. The molecular weight excluding hydrogens is 365 g/mol. The number of ether oxygens (including phenoxy) is 2. The number of nitrogens with zero attached hydrogens (tertiary/aromatic N) is 3. The average molecular weight is 390 g/mol. The summed E-state index contributed by atoms with van der Waals surface area (Å²) >= 11 is 0. The normalized spacial score (nSPS) is 29.2. The molecule has 0 spiro atoms. The van der Waals surface area contributed by atoms with Crippen LogP contribution >= 0.6 is 0 Å². The topological polar surface area (TPSA) is 80.3 Å². The van der Waals surface area contributed by atoms with Gasteiger partial charge in [0.2, 0.25) is 11.8 Å². The maximum absolute atomic E-state index is 11.9. The zero-order valence-corrected chi connectivity index (χ0v) is 16.1. The Kier molecular flexibility index (Phi) is 6.33. The van der Waals surface area contributed by atoms with Gasteiger partial charge >= 0.3 is 16.5 Å². The molecule has 3 aliphatic rings. The van der Waals surface area contributed by atoms with Gasteiger partial charge in [0.25, 0.3) is 0 Å². The van der Waals surface area contributed by atoms with Crippen LogP contribution in [0.3, 0.4) is 0 Å². The number of rotatable bonds is 4. The minimum Gasteiger partial charge on any atom is -0.848 e. The summed E-state index contributed by atoms with van der Waals surface area (Å²) in [5.74, 6) is 1.67.